The Kier molecular flexibility index (Phi) is 4.77. The number of benzene rings is 1. The SMILES string of the molecule is O=C(c1cccc(F)c1Cl)N1CCCC1CCCO. The molecule has 19 heavy (non-hydrogen) atoms. The van der Waals surface area contributed by atoms with Gasteiger partial charge in [-0.2, -0.15) is 0 Å². The predicted molar refractivity (Wildman–Crippen MR) is 71.8 cm³/mol. The number of rotatable bonds is 4. The van der Waals surface area contributed by atoms with E-state index in [1.54, 1.807) is 11.0 Å². The molecule has 0 radical (unpaired) electrons. The lowest BCUT2D eigenvalue weighted by atomic mass is 10.1. The van der Waals surface area contributed by atoms with E-state index in [1.165, 1.54) is 12.1 Å². The van der Waals surface area contributed by atoms with Gasteiger partial charge in [0, 0.05) is 19.2 Å². The molecule has 0 saturated carbocycles. The summed E-state index contributed by atoms with van der Waals surface area (Å²) in [7, 11) is 0. The van der Waals surface area contributed by atoms with Crippen molar-refractivity contribution in [3.05, 3.63) is 34.6 Å². The van der Waals surface area contributed by atoms with Crippen LogP contribution in [0.5, 0.6) is 0 Å². The van der Waals surface area contributed by atoms with Crippen LogP contribution in [0.1, 0.15) is 36.0 Å². The van der Waals surface area contributed by atoms with Gasteiger partial charge in [0.25, 0.3) is 5.91 Å². The van der Waals surface area contributed by atoms with Crippen LogP contribution >= 0.6 is 11.6 Å². The van der Waals surface area contributed by atoms with Crippen LogP contribution in [0.25, 0.3) is 0 Å². The van der Waals surface area contributed by atoms with Gasteiger partial charge in [0.05, 0.1) is 10.6 Å². The summed E-state index contributed by atoms with van der Waals surface area (Å²) in [6.07, 6.45) is 3.31. The second-order valence-corrected chi connectivity index (χ2v) is 5.14. The summed E-state index contributed by atoms with van der Waals surface area (Å²) in [5.41, 5.74) is 0.220. The number of carbonyl (C=O) groups excluding carboxylic acids is 1. The van der Waals surface area contributed by atoms with Crippen LogP contribution in [0.2, 0.25) is 5.02 Å². The summed E-state index contributed by atoms with van der Waals surface area (Å²) in [5.74, 6) is -0.788. The second-order valence-electron chi connectivity index (χ2n) is 4.76. The highest BCUT2D eigenvalue weighted by atomic mass is 35.5. The summed E-state index contributed by atoms with van der Waals surface area (Å²) < 4.78 is 13.4. The third kappa shape index (κ3) is 3.07. The maximum atomic E-state index is 13.4. The van der Waals surface area contributed by atoms with Crippen LogP contribution in [0, 0.1) is 5.82 Å². The molecule has 1 saturated heterocycles. The molecule has 1 N–H and O–H groups in total. The molecule has 1 aromatic carbocycles. The zero-order valence-corrected chi connectivity index (χ0v) is 11.4. The molecule has 0 bridgehead atoms. The molecule has 1 unspecified atom stereocenters. The van der Waals surface area contributed by atoms with Gasteiger partial charge in [0.1, 0.15) is 5.82 Å². The van der Waals surface area contributed by atoms with E-state index in [0.717, 1.165) is 19.3 Å². The number of hydrogen-bond donors (Lipinski definition) is 1. The maximum Gasteiger partial charge on any atom is 0.255 e. The first-order valence-corrected chi connectivity index (χ1v) is 6.88. The summed E-state index contributed by atoms with van der Waals surface area (Å²) >= 11 is 5.86. The van der Waals surface area contributed by atoms with Crippen LogP contribution in [0.15, 0.2) is 18.2 Å². The van der Waals surface area contributed by atoms with Gasteiger partial charge < -0.3 is 10.0 Å². The molecule has 2 rings (SSSR count). The fourth-order valence-electron chi connectivity index (χ4n) is 2.55. The van der Waals surface area contributed by atoms with Gasteiger partial charge in [-0.15, -0.1) is 0 Å². The lowest BCUT2D eigenvalue weighted by Crippen LogP contribution is -2.35. The van der Waals surface area contributed by atoms with Gasteiger partial charge >= 0.3 is 0 Å². The van der Waals surface area contributed by atoms with E-state index in [0.29, 0.717) is 13.0 Å². The number of aliphatic hydroxyl groups is 1. The quantitative estimate of drug-likeness (QED) is 0.924. The van der Waals surface area contributed by atoms with E-state index in [9.17, 15) is 9.18 Å². The van der Waals surface area contributed by atoms with Crippen molar-refractivity contribution in [1.82, 2.24) is 4.90 Å². The molecule has 0 aromatic heterocycles. The van der Waals surface area contributed by atoms with Crippen LogP contribution in [-0.4, -0.2) is 35.1 Å². The molecule has 1 aromatic rings. The van der Waals surface area contributed by atoms with Crippen molar-refractivity contribution in [3.8, 4) is 0 Å². The topological polar surface area (TPSA) is 40.5 Å². The lowest BCUT2D eigenvalue weighted by Gasteiger charge is -2.25. The van der Waals surface area contributed by atoms with E-state index < -0.39 is 5.82 Å². The molecule has 1 fully saturated rings. The summed E-state index contributed by atoms with van der Waals surface area (Å²) in [6, 6.07) is 4.41. The Morgan fingerprint density at radius 1 is 1.53 bits per heavy atom. The minimum atomic E-state index is -0.571. The molecule has 3 nitrogen and oxygen atoms in total. The van der Waals surface area contributed by atoms with Gasteiger partial charge in [0.2, 0.25) is 0 Å². The normalized spacial score (nSPS) is 18.9. The maximum absolute atomic E-state index is 13.4. The van der Waals surface area contributed by atoms with Crippen LogP contribution < -0.4 is 0 Å². The number of nitrogens with zero attached hydrogens (tertiary/aromatic N) is 1. The fourth-order valence-corrected chi connectivity index (χ4v) is 2.76. The van der Waals surface area contributed by atoms with Crippen molar-refractivity contribution in [3.63, 3.8) is 0 Å². The molecule has 5 heteroatoms. The highest BCUT2D eigenvalue weighted by Gasteiger charge is 2.30. The minimum Gasteiger partial charge on any atom is -0.396 e. The predicted octanol–water partition coefficient (Wildman–Crippen LogP) is 2.86. The number of likely N-dealkylation sites (tertiary alicyclic amines) is 1. The third-order valence-corrected chi connectivity index (χ3v) is 3.90. The zero-order chi connectivity index (χ0) is 13.8. The zero-order valence-electron chi connectivity index (χ0n) is 10.6. The number of carbonyl (C=O) groups is 1. The largest absolute Gasteiger partial charge is 0.396 e. The molecule has 1 atom stereocenters. The average Bonchev–Trinajstić information content (AvgIpc) is 2.87. The number of aliphatic hydroxyl groups excluding tert-OH is 1. The molecule has 104 valence electrons. The number of halogens is 2. The summed E-state index contributed by atoms with van der Waals surface area (Å²) in [4.78, 5) is 14.2. The molecule has 0 aliphatic carbocycles. The van der Waals surface area contributed by atoms with Crippen LogP contribution in [0.4, 0.5) is 4.39 Å². The Morgan fingerprint density at radius 3 is 3.05 bits per heavy atom. The van der Waals surface area contributed by atoms with E-state index in [2.05, 4.69) is 0 Å². The van der Waals surface area contributed by atoms with E-state index in [4.69, 9.17) is 16.7 Å². The van der Waals surface area contributed by atoms with Gasteiger partial charge in [-0.25, -0.2) is 4.39 Å². The van der Waals surface area contributed by atoms with Crippen molar-refractivity contribution >= 4 is 17.5 Å². The van der Waals surface area contributed by atoms with Crippen LogP contribution in [-0.2, 0) is 0 Å². The smallest absolute Gasteiger partial charge is 0.255 e. The first kappa shape index (κ1) is 14.3. The monoisotopic (exact) mass is 285 g/mol. The summed E-state index contributed by atoms with van der Waals surface area (Å²) in [6.45, 7) is 0.793. The van der Waals surface area contributed by atoms with Crippen molar-refractivity contribution < 1.29 is 14.3 Å². The lowest BCUT2D eigenvalue weighted by molar-refractivity contribution is 0.0724. The minimum absolute atomic E-state index is 0.111. The Hall–Kier alpha value is -1.13. The van der Waals surface area contributed by atoms with Crippen molar-refractivity contribution in [2.75, 3.05) is 13.2 Å². The van der Waals surface area contributed by atoms with E-state index in [-0.39, 0.29) is 29.1 Å². The van der Waals surface area contributed by atoms with Gasteiger partial charge in [0.15, 0.2) is 0 Å². The molecular formula is C14H17ClFNO2. The van der Waals surface area contributed by atoms with Gasteiger partial charge in [-0.05, 0) is 37.8 Å². The second kappa shape index (κ2) is 6.35. The van der Waals surface area contributed by atoms with Gasteiger partial charge in [-0.3, -0.25) is 4.79 Å². The molecule has 1 aliphatic heterocycles. The molecule has 1 amide bonds. The Bertz CT molecular complexity index is 467. The third-order valence-electron chi connectivity index (χ3n) is 3.52. The summed E-state index contributed by atoms with van der Waals surface area (Å²) in [5, 5.41) is 8.76. The molecular weight excluding hydrogens is 269 g/mol. The molecule has 1 heterocycles. The first-order valence-electron chi connectivity index (χ1n) is 6.51. The Balaban J connectivity index is 2.16. The first-order chi connectivity index (χ1) is 9.15. The number of amides is 1. The Labute approximate surface area is 117 Å². The number of hydrogen-bond acceptors (Lipinski definition) is 2. The average molecular weight is 286 g/mol. The fraction of sp³-hybridized carbons (Fsp3) is 0.500. The molecule has 0 spiro atoms. The Morgan fingerprint density at radius 2 is 2.32 bits per heavy atom. The van der Waals surface area contributed by atoms with Crippen molar-refractivity contribution in [1.29, 1.82) is 0 Å². The van der Waals surface area contributed by atoms with Crippen molar-refractivity contribution in [2.45, 2.75) is 31.7 Å². The molecule has 1 aliphatic rings. The van der Waals surface area contributed by atoms with Crippen LogP contribution in [0.3, 0.4) is 0 Å². The highest BCUT2D eigenvalue weighted by Crippen LogP contribution is 2.27. The highest BCUT2D eigenvalue weighted by molar-refractivity contribution is 6.34. The van der Waals surface area contributed by atoms with E-state index in [1.807, 2.05) is 0 Å². The van der Waals surface area contributed by atoms with Crippen molar-refractivity contribution in [2.24, 2.45) is 0 Å². The standard InChI is InChI=1S/C14H17ClFNO2/c15-13-11(6-1-7-12(13)16)14(19)17-8-2-4-10(17)5-3-9-18/h1,6-7,10,18H,2-5,8-9H2. The van der Waals surface area contributed by atoms with E-state index >= 15 is 0 Å². The van der Waals surface area contributed by atoms with Gasteiger partial charge in [-0.1, -0.05) is 17.7 Å².